The highest BCUT2D eigenvalue weighted by atomic mass is 16.1. The van der Waals surface area contributed by atoms with E-state index in [1.54, 1.807) is 0 Å². The van der Waals surface area contributed by atoms with Crippen molar-refractivity contribution in [2.45, 2.75) is 12.3 Å². The fraction of sp³-hybridized carbons (Fsp3) is 0.125. The second kappa shape index (κ2) is 5.44. The van der Waals surface area contributed by atoms with Crippen LogP contribution in [0.5, 0.6) is 0 Å². The monoisotopic (exact) mass is 223 g/mol. The molecule has 2 aromatic carbocycles. The number of rotatable bonds is 4. The summed E-state index contributed by atoms with van der Waals surface area (Å²) in [4.78, 5) is 12.3. The van der Waals surface area contributed by atoms with Gasteiger partial charge in [0.05, 0.1) is 0 Å². The first kappa shape index (κ1) is 11.6. The van der Waals surface area contributed by atoms with Gasteiger partial charge in [-0.2, -0.15) is 0 Å². The minimum Gasteiger partial charge on any atom is -0.293 e. The van der Waals surface area contributed by atoms with Crippen molar-refractivity contribution in [1.29, 1.82) is 0 Å². The van der Waals surface area contributed by atoms with E-state index in [9.17, 15) is 4.79 Å². The molecule has 0 aliphatic heterocycles. The van der Waals surface area contributed by atoms with Gasteiger partial charge < -0.3 is 0 Å². The number of benzene rings is 2. The molecule has 0 fully saturated rings. The lowest BCUT2D eigenvalue weighted by Crippen LogP contribution is -2.12. The van der Waals surface area contributed by atoms with E-state index in [1.165, 1.54) is 0 Å². The fourth-order valence-corrected chi connectivity index (χ4v) is 1.94. The molecule has 0 N–H and O–H groups in total. The average Bonchev–Trinajstić information content (AvgIpc) is 2.42. The number of carbonyl (C=O) groups is 1. The van der Waals surface area contributed by atoms with Crippen LogP contribution in [-0.4, -0.2) is 5.78 Å². The molecule has 0 aliphatic rings. The minimum absolute atomic E-state index is 0.140. The van der Waals surface area contributed by atoms with Gasteiger partial charge in [-0.05, 0) is 12.0 Å². The highest BCUT2D eigenvalue weighted by Crippen LogP contribution is 2.23. The van der Waals surface area contributed by atoms with Crippen molar-refractivity contribution in [2.75, 3.05) is 0 Å². The molecule has 85 valence electrons. The largest absolute Gasteiger partial charge is 0.293 e. The molecule has 1 unspecified atom stereocenters. The Balaban J connectivity index is 2.29. The standard InChI is InChI=1S/C16H15O/c1-2-15(13-9-5-3-6-10-13)16(17)14-11-7-4-8-12-14/h3-12,15H,1-2H2. The number of Topliss-reactive ketones (excluding diaryl/α,β-unsaturated/α-hetero) is 1. The van der Waals surface area contributed by atoms with E-state index in [4.69, 9.17) is 0 Å². The molecule has 2 rings (SSSR count). The van der Waals surface area contributed by atoms with Crippen LogP contribution in [0.3, 0.4) is 0 Å². The summed E-state index contributed by atoms with van der Waals surface area (Å²) in [7, 11) is 0. The highest BCUT2D eigenvalue weighted by Gasteiger charge is 2.19. The van der Waals surface area contributed by atoms with Gasteiger partial charge >= 0.3 is 0 Å². The maximum atomic E-state index is 12.3. The Hall–Kier alpha value is -1.89. The van der Waals surface area contributed by atoms with Crippen molar-refractivity contribution in [2.24, 2.45) is 0 Å². The number of ketones is 1. The molecule has 0 aromatic heterocycles. The molecular formula is C16H15O. The molecule has 0 spiro atoms. The third kappa shape index (κ3) is 2.62. The Morgan fingerprint density at radius 1 is 0.941 bits per heavy atom. The molecule has 0 saturated heterocycles. The van der Waals surface area contributed by atoms with E-state index >= 15 is 0 Å². The van der Waals surface area contributed by atoms with Gasteiger partial charge in [-0.3, -0.25) is 4.79 Å². The first-order chi connectivity index (χ1) is 8.33. The van der Waals surface area contributed by atoms with E-state index in [2.05, 4.69) is 6.92 Å². The zero-order valence-electron chi connectivity index (χ0n) is 9.67. The summed E-state index contributed by atoms with van der Waals surface area (Å²) in [6, 6.07) is 19.2. The molecule has 0 heterocycles. The zero-order chi connectivity index (χ0) is 12.1. The Bertz CT molecular complexity index is 473. The molecule has 1 atom stereocenters. The van der Waals surface area contributed by atoms with Crippen LogP contribution in [0.15, 0.2) is 60.7 Å². The summed E-state index contributed by atoms with van der Waals surface area (Å²) < 4.78 is 0. The number of hydrogen-bond acceptors (Lipinski definition) is 1. The maximum Gasteiger partial charge on any atom is 0.170 e. The molecule has 1 nitrogen and oxygen atoms in total. The summed E-state index contributed by atoms with van der Waals surface area (Å²) in [5.41, 5.74) is 1.79. The topological polar surface area (TPSA) is 17.1 Å². The van der Waals surface area contributed by atoms with Crippen LogP contribution in [-0.2, 0) is 0 Å². The molecule has 1 heteroatoms. The number of hydrogen-bond donors (Lipinski definition) is 0. The Labute approximate surface area is 102 Å². The van der Waals surface area contributed by atoms with Gasteiger partial charge in [-0.25, -0.2) is 0 Å². The fourth-order valence-electron chi connectivity index (χ4n) is 1.94. The lowest BCUT2D eigenvalue weighted by Gasteiger charge is -2.13. The summed E-state index contributed by atoms with van der Waals surface area (Å²) in [6.45, 7) is 3.89. The Morgan fingerprint density at radius 3 is 2.00 bits per heavy atom. The van der Waals surface area contributed by atoms with Crippen LogP contribution in [0.1, 0.15) is 28.3 Å². The summed E-state index contributed by atoms with van der Waals surface area (Å²) in [5.74, 6) is 0.00500. The Kier molecular flexibility index (Phi) is 3.71. The van der Waals surface area contributed by atoms with Crippen LogP contribution >= 0.6 is 0 Å². The second-order valence-electron chi connectivity index (χ2n) is 3.98. The van der Waals surface area contributed by atoms with Crippen molar-refractivity contribution in [1.82, 2.24) is 0 Å². The lowest BCUT2D eigenvalue weighted by atomic mass is 9.89. The Morgan fingerprint density at radius 2 is 1.47 bits per heavy atom. The van der Waals surface area contributed by atoms with E-state index in [0.29, 0.717) is 6.42 Å². The first-order valence-electron chi connectivity index (χ1n) is 5.76. The van der Waals surface area contributed by atoms with Gasteiger partial charge in [0.2, 0.25) is 0 Å². The summed E-state index contributed by atoms with van der Waals surface area (Å²) in [5, 5.41) is 0. The second-order valence-corrected chi connectivity index (χ2v) is 3.98. The molecule has 17 heavy (non-hydrogen) atoms. The van der Waals surface area contributed by atoms with Gasteiger partial charge in [-0.1, -0.05) is 67.6 Å². The van der Waals surface area contributed by atoms with E-state index in [1.807, 2.05) is 60.7 Å². The van der Waals surface area contributed by atoms with Crippen molar-refractivity contribution >= 4 is 5.78 Å². The van der Waals surface area contributed by atoms with Crippen molar-refractivity contribution in [3.8, 4) is 0 Å². The van der Waals surface area contributed by atoms with Crippen LogP contribution in [0, 0.1) is 6.92 Å². The first-order valence-corrected chi connectivity index (χ1v) is 5.76. The van der Waals surface area contributed by atoms with Gasteiger partial charge in [0.15, 0.2) is 5.78 Å². The zero-order valence-corrected chi connectivity index (χ0v) is 9.67. The lowest BCUT2D eigenvalue weighted by molar-refractivity contribution is 0.0960. The van der Waals surface area contributed by atoms with Gasteiger partial charge in [0, 0.05) is 11.5 Å². The van der Waals surface area contributed by atoms with Crippen molar-refractivity contribution in [3.63, 3.8) is 0 Å². The van der Waals surface area contributed by atoms with Gasteiger partial charge in [-0.15, -0.1) is 0 Å². The molecular weight excluding hydrogens is 208 g/mol. The molecule has 0 aliphatic carbocycles. The predicted octanol–water partition coefficient (Wildman–Crippen LogP) is 3.88. The van der Waals surface area contributed by atoms with Crippen LogP contribution in [0.2, 0.25) is 0 Å². The van der Waals surface area contributed by atoms with Gasteiger partial charge in [0.25, 0.3) is 0 Å². The molecule has 2 aromatic rings. The number of carbonyl (C=O) groups excluding carboxylic acids is 1. The van der Waals surface area contributed by atoms with Crippen molar-refractivity contribution in [3.05, 3.63) is 78.7 Å². The van der Waals surface area contributed by atoms with Crippen molar-refractivity contribution < 1.29 is 4.79 Å². The normalized spacial score (nSPS) is 12.1. The maximum absolute atomic E-state index is 12.3. The van der Waals surface area contributed by atoms with Crippen LogP contribution in [0.4, 0.5) is 0 Å². The third-order valence-electron chi connectivity index (χ3n) is 2.87. The third-order valence-corrected chi connectivity index (χ3v) is 2.87. The van der Waals surface area contributed by atoms with E-state index in [0.717, 1.165) is 11.1 Å². The van der Waals surface area contributed by atoms with Gasteiger partial charge in [0.1, 0.15) is 0 Å². The average molecular weight is 223 g/mol. The SMILES string of the molecule is [CH2]CC(C(=O)c1ccccc1)c1ccccc1. The molecule has 0 bridgehead atoms. The summed E-state index contributed by atoms with van der Waals surface area (Å²) >= 11 is 0. The molecule has 0 saturated carbocycles. The minimum atomic E-state index is -0.140. The van der Waals surface area contributed by atoms with E-state index < -0.39 is 0 Å². The smallest absolute Gasteiger partial charge is 0.170 e. The molecule has 0 amide bonds. The quantitative estimate of drug-likeness (QED) is 0.719. The summed E-state index contributed by atoms with van der Waals surface area (Å²) in [6.07, 6.45) is 0.581. The van der Waals surface area contributed by atoms with Crippen LogP contribution in [0.25, 0.3) is 0 Å². The molecule has 1 radical (unpaired) electrons. The van der Waals surface area contributed by atoms with E-state index in [-0.39, 0.29) is 11.7 Å². The van der Waals surface area contributed by atoms with Crippen LogP contribution < -0.4 is 0 Å². The predicted molar refractivity (Wildman–Crippen MR) is 69.9 cm³/mol. The highest BCUT2D eigenvalue weighted by molar-refractivity contribution is 6.00.